The second-order valence-corrected chi connectivity index (χ2v) is 6.38. The molecule has 0 amide bonds. The van der Waals surface area contributed by atoms with Gasteiger partial charge in [-0.1, -0.05) is 60.7 Å². The van der Waals surface area contributed by atoms with E-state index in [1.807, 2.05) is 36.4 Å². The van der Waals surface area contributed by atoms with E-state index in [0.717, 1.165) is 5.56 Å². The van der Waals surface area contributed by atoms with Gasteiger partial charge in [-0.05, 0) is 17.7 Å². The molecule has 0 aromatic heterocycles. The summed E-state index contributed by atoms with van der Waals surface area (Å²) in [5, 5.41) is 0. The summed E-state index contributed by atoms with van der Waals surface area (Å²) in [6, 6.07) is 23.3. The molecule has 0 N–H and O–H groups in total. The standard InChI is InChI=1S/C23H18O4/c1-26-17-12-13-18-19(14-17)27-23(16-10-6-3-7-11-16)20(22(18)25)21(24)15-8-4-2-5-9-15/h2-14,20,23H,1H3/t20-,23+/m1/s1. The fourth-order valence-corrected chi connectivity index (χ4v) is 3.38. The molecule has 0 radical (unpaired) electrons. The van der Waals surface area contributed by atoms with Crippen LogP contribution in [0.25, 0.3) is 0 Å². The lowest BCUT2D eigenvalue weighted by atomic mass is 9.81. The summed E-state index contributed by atoms with van der Waals surface area (Å²) in [6.07, 6.45) is -0.689. The van der Waals surface area contributed by atoms with Gasteiger partial charge in [0.1, 0.15) is 23.5 Å². The van der Waals surface area contributed by atoms with Crippen LogP contribution >= 0.6 is 0 Å². The van der Waals surface area contributed by atoms with Gasteiger partial charge in [0.15, 0.2) is 11.6 Å². The maximum Gasteiger partial charge on any atom is 0.181 e. The Morgan fingerprint density at radius 3 is 2.26 bits per heavy atom. The normalized spacial score (nSPS) is 18.3. The van der Waals surface area contributed by atoms with Gasteiger partial charge in [-0.3, -0.25) is 9.59 Å². The molecule has 0 saturated heterocycles. The molecular formula is C23H18O4. The van der Waals surface area contributed by atoms with E-state index in [2.05, 4.69) is 0 Å². The predicted octanol–water partition coefficient (Wildman–Crippen LogP) is 4.51. The molecular weight excluding hydrogens is 340 g/mol. The molecule has 3 aromatic rings. The largest absolute Gasteiger partial charge is 0.497 e. The zero-order valence-electron chi connectivity index (χ0n) is 14.8. The monoisotopic (exact) mass is 358 g/mol. The van der Waals surface area contributed by atoms with Gasteiger partial charge in [0.05, 0.1) is 12.7 Å². The number of ketones is 2. The lowest BCUT2D eigenvalue weighted by Gasteiger charge is -2.32. The summed E-state index contributed by atoms with van der Waals surface area (Å²) in [5.41, 5.74) is 1.68. The van der Waals surface area contributed by atoms with E-state index >= 15 is 0 Å². The van der Waals surface area contributed by atoms with Crippen molar-refractivity contribution in [3.8, 4) is 11.5 Å². The van der Waals surface area contributed by atoms with Crippen molar-refractivity contribution in [2.75, 3.05) is 7.11 Å². The molecule has 4 rings (SSSR count). The van der Waals surface area contributed by atoms with Crippen molar-refractivity contribution in [1.82, 2.24) is 0 Å². The molecule has 134 valence electrons. The Labute approximate surface area is 157 Å². The number of fused-ring (bicyclic) bond motifs is 1. The van der Waals surface area contributed by atoms with Crippen LogP contribution in [0.3, 0.4) is 0 Å². The third-order valence-corrected chi connectivity index (χ3v) is 4.76. The summed E-state index contributed by atoms with van der Waals surface area (Å²) in [4.78, 5) is 26.5. The molecule has 4 nitrogen and oxygen atoms in total. The molecule has 0 aliphatic carbocycles. The Morgan fingerprint density at radius 1 is 0.926 bits per heavy atom. The van der Waals surface area contributed by atoms with E-state index in [4.69, 9.17) is 9.47 Å². The third kappa shape index (κ3) is 3.10. The fourth-order valence-electron chi connectivity index (χ4n) is 3.38. The van der Waals surface area contributed by atoms with Crippen LogP contribution in [-0.2, 0) is 0 Å². The molecule has 1 aliphatic heterocycles. The zero-order chi connectivity index (χ0) is 18.8. The Kier molecular flexibility index (Phi) is 4.47. The highest BCUT2D eigenvalue weighted by molar-refractivity contribution is 6.18. The summed E-state index contributed by atoms with van der Waals surface area (Å²) in [7, 11) is 1.56. The summed E-state index contributed by atoms with van der Waals surface area (Å²) >= 11 is 0. The first-order valence-electron chi connectivity index (χ1n) is 8.72. The molecule has 27 heavy (non-hydrogen) atoms. The van der Waals surface area contributed by atoms with E-state index in [1.54, 1.807) is 49.6 Å². The van der Waals surface area contributed by atoms with Gasteiger partial charge in [0, 0.05) is 11.6 Å². The smallest absolute Gasteiger partial charge is 0.181 e. The van der Waals surface area contributed by atoms with Crippen LogP contribution in [0.2, 0.25) is 0 Å². The number of ether oxygens (including phenoxy) is 2. The molecule has 0 unspecified atom stereocenters. The van der Waals surface area contributed by atoms with Crippen LogP contribution < -0.4 is 9.47 Å². The average Bonchev–Trinajstić information content (AvgIpc) is 2.74. The highest BCUT2D eigenvalue weighted by Crippen LogP contribution is 2.41. The summed E-state index contributed by atoms with van der Waals surface area (Å²) in [5.74, 6) is -0.375. The van der Waals surface area contributed by atoms with E-state index in [0.29, 0.717) is 22.6 Å². The number of Topliss-reactive ketones (excluding diaryl/α,β-unsaturated/α-hetero) is 2. The first-order valence-corrected chi connectivity index (χ1v) is 8.72. The molecule has 1 aliphatic rings. The van der Waals surface area contributed by atoms with Crippen LogP contribution in [0.4, 0.5) is 0 Å². The Morgan fingerprint density at radius 2 is 1.59 bits per heavy atom. The topological polar surface area (TPSA) is 52.6 Å². The number of methoxy groups -OCH3 is 1. The van der Waals surface area contributed by atoms with Gasteiger partial charge in [0.2, 0.25) is 0 Å². The Hall–Kier alpha value is -3.40. The molecule has 0 fully saturated rings. The first-order chi connectivity index (χ1) is 13.2. The van der Waals surface area contributed by atoms with Crippen molar-refractivity contribution in [3.05, 3.63) is 95.6 Å². The Balaban J connectivity index is 1.83. The fraction of sp³-hybridized carbons (Fsp3) is 0.130. The number of rotatable bonds is 4. The van der Waals surface area contributed by atoms with E-state index in [9.17, 15) is 9.59 Å². The van der Waals surface area contributed by atoms with Crippen molar-refractivity contribution >= 4 is 11.6 Å². The van der Waals surface area contributed by atoms with E-state index in [-0.39, 0.29) is 11.6 Å². The van der Waals surface area contributed by atoms with Crippen molar-refractivity contribution in [2.24, 2.45) is 5.92 Å². The molecule has 1 heterocycles. The third-order valence-electron chi connectivity index (χ3n) is 4.76. The van der Waals surface area contributed by atoms with Gasteiger partial charge >= 0.3 is 0 Å². The minimum Gasteiger partial charge on any atom is -0.497 e. The van der Waals surface area contributed by atoms with Crippen molar-refractivity contribution < 1.29 is 19.1 Å². The highest BCUT2D eigenvalue weighted by atomic mass is 16.5. The van der Waals surface area contributed by atoms with E-state index < -0.39 is 12.0 Å². The number of benzene rings is 3. The summed E-state index contributed by atoms with van der Waals surface area (Å²) < 4.78 is 11.4. The van der Waals surface area contributed by atoms with Crippen LogP contribution in [0.1, 0.15) is 32.4 Å². The van der Waals surface area contributed by atoms with Crippen molar-refractivity contribution in [3.63, 3.8) is 0 Å². The van der Waals surface area contributed by atoms with Crippen LogP contribution in [0.15, 0.2) is 78.9 Å². The van der Waals surface area contributed by atoms with Gasteiger partial charge in [-0.2, -0.15) is 0 Å². The molecule has 3 aromatic carbocycles. The maximum atomic E-state index is 13.3. The van der Waals surface area contributed by atoms with Gasteiger partial charge in [0.25, 0.3) is 0 Å². The maximum absolute atomic E-state index is 13.3. The SMILES string of the molecule is COc1ccc2c(c1)O[C@@H](c1ccccc1)[C@H](C(=O)c1ccccc1)C2=O. The van der Waals surface area contributed by atoms with Crippen LogP contribution in [0.5, 0.6) is 11.5 Å². The lowest BCUT2D eigenvalue weighted by Crippen LogP contribution is -2.37. The van der Waals surface area contributed by atoms with Crippen LogP contribution in [-0.4, -0.2) is 18.7 Å². The average molecular weight is 358 g/mol. The molecule has 2 atom stereocenters. The molecule has 0 saturated carbocycles. The number of carbonyl (C=O) groups is 2. The minimum atomic E-state index is -0.935. The minimum absolute atomic E-state index is 0.235. The second-order valence-electron chi connectivity index (χ2n) is 6.38. The van der Waals surface area contributed by atoms with Gasteiger partial charge < -0.3 is 9.47 Å². The van der Waals surface area contributed by atoms with Crippen molar-refractivity contribution in [2.45, 2.75) is 6.10 Å². The number of carbonyl (C=O) groups excluding carboxylic acids is 2. The quantitative estimate of drug-likeness (QED) is 0.509. The molecule has 0 bridgehead atoms. The zero-order valence-corrected chi connectivity index (χ0v) is 14.8. The van der Waals surface area contributed by atoms with E-state index in [1.165, 1.54) is 0 Å². The molecule has 4 heteroatoms. The van der Waals surface area contributed by atoms with Crippen molar-refractivity contribution in [1.29, 1.82) is 0 Å². The number of hydrogen-bond acceptors (Lipinski definition) is 4. The second kappa shape index (κ2) is 7.08. The Bertz CT molecular complexity index is 980. The lowest BCUT2D eigenvalue weighted by molar-refractivity contribution is 0.0569. The van der Waals surface area contributed by atoms with Crippen LogP contribution in [0, 0.1) is 5.92 Å². The molecule has 0 spiro atoms. The number of hydrogen-bond donors (Lipinski definition) is 0. The summed E-state index contributed by atoms with van der Waals surface area (Å²) in [6.45, 7) is 0. The first kappa shape index (κ1) is 17.0. The predicted molar refractivity (Wildman–Crippen MR) is 101 cm³/mol. The van der Waals surface area contributed by atoms with Gasteiger partial charge in [-0.15, -0.1) is 0 Å². The van der Waals surface area contributed by atoms with Gasteiger partial charge in [-0.25, -0.2) is 0 Å². The highest BCUT2D eigenvalue weighted by Gasteiger charge is 2.43.